The van der Waals surface area contributed by atoms with Crippen LogP contribution in [0.5, 0.6) is 0 Å². The summed E-state index contributed by atoms with van der Waals surface area (Å²) in [4.78, 5) is 23.0. The fourth-order valence-electron chi connectivity index (χ4n) is 2.86. The van der Waals surface area contributed by atoms with Crippen LogP contribution in [-0.2, 0) is 0 Å². The monoisotopic (exact) mass is 361 g/mol. The second kappa shape index (κ2) is 8.07. The van der Waals surface area contributed by atoms with Crippen LogP contribution in [0.4, 0.5) is 20.5 Å². The lowest BCUT2D eigenvalue weighted by Crippen LogP contribution is -2.30. The molecule has 2 N–H and O–H groups in total. The molecule has 1 saturated heterocycles. The molecule has 0 aliphatic carbocycles. The van der Waals surface area contributed by atoms with Gasteiger partial charge in [-0.25, -0.2) is 13.8 Å². The van der Waals surface area contributed by atoms with E-state index in [2.05, 4.69) is 25.5 Å². The highest BCUT2D eigenvalue weighted by atomic mass is 19.1. The number of aromatic nitrogens is 2. The average molecular weight is 361 g/mol. The maximum absolute atomic E-state index is 13.6. The van der Waals surface area contributed by atoms with Crippen LogP contribution in [0.25, 0.3) is 0 Å². The highest BCUT2D eigenvalue weighted by Gasteiger charge is 2.15. The number of nitrogens with one attached hydrogen (secondary N) is 2. The number of hydrogen-bond acceptors (Lipinski definition) is 5. The quantitative estimate of drug-likeness (QED) is 0.774. The van der Waals surface area contributed by atoms with Gasteiger partial charge in [0.15, 0.2) is 0 Å². The molecule has 8 heteroatoms. The van der Waals surface area contributed by atoms with E-state index in [1.165, 1.54) is 0 Å². The van der Waals surface area contributed by atoms with E-state index >= 15 is 0 Å². The number of amides is 1. The van der Waals surface area contributed by atoms with Gasteiger partial charge in [-0.05, 0) is 31.9 Å². The Hall–Kier alpha value is -2.77. The lowest BCUT2D eigenvalue weighted by molar-refractivity contribution is 0.0951. The molecule has 1 aromatic carbocycles. The van der Waals surface area contributed by atoms with Crippen molar-refractivity contribution in [1.82, 2.24) is 15.3 Å². The van der Waals surface area contributed by atoms with Crippen molar-refractivity contribution < 1.29 is 13.6 Å². The normalized spacial score (nSPS) is 13.7. The molecule has 0 saturated carbocycles. The first-order valence-corrected chi connectivity index (χ1v) is 8.61. The van der Waals surface area contributed by atoms with Gasteiger partial charge < -0.3 is 15.5 Å². The minimum absolute atomic E-state index is 0.186. The Morgan fingerprint density at radius 2 is 1.92 bits per heavy atom. The van der Waals surface area contributed by atoms with E-state index in [4.69, 9.17) is 0 Å². The summed E-state index contributed by atoms with van der Waals surface area (Å²) in [5.74, 6) is -0.796. The highest BCUT2D eigenvalue weighted by molar-refractivity contribution is 5.94. The Bertz CT molecular complexity index is 793. The molecule has 0 atom stereocenters. The molecule has 0 radical (unpaired) electrons. The summed E-state index contributed by atoms with van der Waals surface area (Å²) in [5, 5.41) is 5.65. The van der Waals surface area contributed by atoms with Gasteiger partial charge in [-0.1, -0.05) is 0 Å². The largest absolute Gasteiger partial charge is 0.356 e. The number of rotatable bonds is 6. The molecular formula is C18H21F2N5O. The second-order valence-electron chi connectivity index (χ2n) is 6.19. The average Bonchev–Trinajstić information content (AvgIpc) is 3.13. The molecule has 1 amide bonds. The van der Waals surface area contributed by atoms with E-state index in [1.54, 1.807) is 0 Å². The Labute approximate surface area is 150 Å². The molecule has 1 fully saturated rings. The molecule has 138 valence electrons. The van der Waals surface area contributed by atoms with Gasteiger partial charge in [0.25, 0.3) is 5.91 Å². The fourth-order valence-corrected chi connectivity index (χ4v) is 2.86. The summed E-state index contributed by atoms with van der Waals surface area (Å²) < 4.78 is 26.5. The number of halogens is 2. The minimum Gasteiger partial charge on any atom is -0.356 e. The number of carbonyl (C=O) groups excluding carboxylic acids is 1. The first-order valence-electron chi connectivity index (χ1n) is 8.61. The second-order valence-corrected chi connectivity index (χ2v) is 6.19. The maximum Gasteiger partial charge on any atom is 0.254 e. The van der Waals surface area contributed by atoms with Crippen LogP contribution < -0.4 is 15.5 Å². The van der Waals surface area contributed by atoms with Crippen LogP contribution in [0.2, 0.25) is 0 Å². The van der Waals surface area contributed by atoms with Crippen molar-refractivity contribution in [3.05, 3.63) is 47.2 Å². The van der Waals surface area contributed by atoms with Crippen molar-refractivity contribution in [2.75, 3.05) is 36.4 Å². The molecular weight excluding hydrogens is 340 g/mol. The third-order valence-electron chi connectivity index (χ3n) is 4.14. The Morgan fingerprint density at radius 3 is 2.65 bits per heavy atom. The van der Waals surface area contributed by atoms with Crippen LogP contribution in [0.1, 0.15) is 28.9 Å². The van der Waals surface area contributed by atoms with E-state index in [1.807, 2.05) is 13.0 Å². The molecule has 1 aromatic heterocycles. The van der Waals surface area contributed by atoms with E-state index in [9.17, 15) is 13.6 Å². The number of carbonyl (C=O) groups is 1. The van der Waals surface area contributed by atoms with Crippen LogP contribution in [0.15, 0.2) is 24.3 Å². The zero-order valence-electron chi connectivity index (χ0n) is 14.6. The summed E-state index contributed by atoms with van der Waals surface area (Å²) in [7, 11) is 0. The molecule has 2 aromatic rings. The highest BCUT2D eigenvalue weighted by Crippen LogP contribution is 2.19. The van der Waals surface area contributed by atoms with E-state index < -0.39 is 17.5 Å². The van der Waals surface area contributed by atoms with Gasteiger partial charge in [-0.15, -0.1) is 0 Å². The van der Waals surface area contributed by atoms with Crippen molar-refractivity contribution in [1.29, 1.82) is 0 Å². The van der Waals surface area contributed by atoms with E-state index in [-0.39, 0.29) is 12.1 Å². The SMILES string of the molecule is Cc1cc(N2CCCC2)nc(NCCNC(=O)c2ccc(F)cc2F)n1. The fraction of sp³-hybridized carbons (Fsp3) is 0.389. The van der Waals surface area contributed by atoms with Crippen LogP contribution in [-0.4, -0.2) is 42.1 Å². The Morgan fingerprint density at radius 1 is 1.15 bits per heavy atom. The summed E-state index contributed by atoms with van der Waals surface area (Å²) in [6, 6.07) is 4.82. The molecule has 3 rings (SSSR count). The summed E-state index contributed by atoms with van der Waals surface area (Å²) in [5.41, 5.74) is 0.677. The van der Waals surface area contributed by atoms with Crippen molar-refractivity contribution in [2.45, 2.75) is 19.8 Å². The van der Waals surface area contributed by atoms with Gasteiger partial charge in [0.05, 0.1) is 5.56 Å². The first-order chi connectivity index (χ1) is 12.5. The van der Waals surface area contributed by atoms with Gasteiger partial charge in [-0.3, -0.25) is 4.79 Å². The predicted molar refractivity (Wildman–Crippen MR) is 95.4 cm³/mol. The van der Waals surface area contributed by atoms with Crippen molar-refractivity contribution in [3.63, 3.8) is 0 Å². The molecule has 0 spiro atoms. The minimum atomic E-state index is -0.882. The number of nitrogens with zero attached hydrogens (tertiary/aromatic N) is 3. The zero-order chi connectivity index (χ0) is 18.5. The number of benzene rings is 1. The van der Waals surface area contributed by atoms with E-state index in [0.29, 0.717) is 18.6 Å². The first kappa shape index (κ1) is 18.0. The summed E-state index contributed by atoms with van der Waals surface area (Å²) in [6.45, 7) is 4.54. The number of anilines is 2. The molecule has 2 heterocycles. The standard InChI is InChI=1S/C18H21F2N5O/c1-12-10-16(25-8-2-3-9-25)24-18(23-12)22-7-6-21-17(26)14-5-4-13(19)11-15(14)20/h4-5,10-11H,2-3,6-9H2,1H3,(H,21,26)(H,22,23,24). The third kappa shape index (κ3) is 4.44. The number of hydrogen-bond donors (Lipinski definition) is 2. The molecule has 0 unspecified atom stereocenters. The van der Waals surface area contributed by atoms with Gasteiger partial charge >= 0.3 is 0 Å². The summed E-state index contributed by atoms with van der Waals surface area (Å²) >= 11 is 0. The van der Waals surface area contributed by atoms with Crippen molar-refractivity contribution in [3.8, 4) is 0 Å². The lowest BCUT2D eigenvalue weighted by atomic mass is 10.2. The summed E-state index contributed by atoms with van der Waals surface area (Å²) in [6.07, 6.45) is 2.33. The van der Waals surface area contributed by atoms with Crippen LogP contribution >= 0.6 is 0 Å². The van der Waals surface area contributed by atoms with Crippen molar-refractivity contribution in [2.24, 2.45) is 0 Å². The zero-order valence-corrected chi connectivity index (χ0v) is 14.6. The topological polar surface area (TPSA) is 70.2 Å². The Balaban J connectivity index is 1.52. The molecule has 6 nitrogen and oxygen atoms in total. The molecule has 26 heavy (non-hydrogen) atoms. The van der Waals surface area contributed by atoms with Crippen molar-refractivity contribution >= 4 is 17.7 Å². The van der Waals surface area contributed by atoms with Gasteiger partial charge in [0.1, 0.15) is 17.5 Å². The number of aryl methyl sites for hydroxylation is 1. The lowest BCUT2D eigenvalue weighted by Gasteiger charge is -2.17. The van der Waals surface area contributed by atoms with Gasteiger partial charge in [0.2, 0.25) is 5.95 Å². The Kier molecular flexibility index (Phi) is 5.60. The third-order valence-corrected chi connectivity index (χ3v) is 4.14. The van der Waals surface area contributed by atoms with Gasteiger partial charge in [-0.2, -0.15) is 4.98 Å². The predicted octanol–water partition coefficient (Wildman–Crippen LogP) is 2.51. The maximum atomic E-state index is 13.6. The van der Waals surface area contributed by atoms with Gasteiger partial charge in [0, 0.05) is 44.0 Å². The van der Waals surface area contributed by atoms with E-state index in [0.717, 1.165) is 49.6 Å². The molecule has 1 aliphatic heterocycles. The smallest absolute Gasteiger partial charge is 0.254 e. The van der Waals surface area contributed by atoms with Crippen LogP contribution in [0, 0.1) is 18.6 Å². The van der Waals surface area contributed by atoms with Crippen LogP contribution in [0.3, 0.4) is 0 Å². The molecule has 1 aliphatic rings. The molecule has 0 bridgehead atoms.